The molecule has 1 saturated heterocycles. The number of aliphatic hydroxyl groups excluding tert-OH is 2. The Kier molecular flexibility index (Phi) is 51.7. The van der Waals surface area contributed by atoms with Gasteiger partial charge in [-0.3, -0.25) is 14.4 Å². The molecule has 0 aromatic carbocycles. The van der Waals surface area contributed by atoms with Crippen molar-refractivity contribution in [2.45, 2.75) is 302 Å². The minimum absolute atomic E-state index is 0.0645. The number of hydrogen-bond acceptors (Lipinski definition) is 11. The zero-order chi connectivity index (χ0) is 58.9. The minimum atomic E-state index is -1.93. The van der Waals surface area contributed by atoms with E-state index < -0.39 is 67.3 Å². The van der Waals surface area contributed by atoms with Gasteiger partial charge in [-0.2, -0.15) is 0 Å². The second-order valence-corrected chi connectivity index (χ2v) is 21.7. The van der Waals surface area contributed by atoms with Crippen molar-refractivity contribution in [3.63, 3.8) is 0 Å². The quantitative estimate of drug-likeness (QED) is 0.0228. The number of esters is 3. The van der Waals surface area contributed by atoms with Crippen molar-refractivity contribution in [3.05, 3.63) is 97.2 Å². The molecule has 1 aliphatic rings. The van der Waals surface area contributed by atoms with E-state index in [4.69, 9.17) is 23.7 Å². The fourth-order valence-electron chi connectivity index (χ4n) is 9.21. The predicted octanol–water partition coefficient (Wildman–Crippen LogP) is 17.2. The smallest absolute Gasteiger partial charge is 0.335 e. The zero-order valence-electron chi connectivity index (χ0n) is 51.0. The first-order chi connectivity index (χ1) is 39.6. The number of carboxylic acid groups (broad SMARTS) is 1. The lowest BCUT2D eigenvalue weighted by Crippen LogP contribution is -2.61. The average Bonchev–Trinajstić information content (AvgIpc) is 3.54. The van der Waals surface area contributed by atoms with Crippen LogP contribution in [0.2, 0.25) is 0 Å². The third kappa shape index (κ3) is 45.8. The van der Waals surface area contributed by atoms with Gasteiger partial charge in [0.2, 0.25) is 0 Å². The standard InChI is InChI=1S/C69H114O12/c1-4-7-10-13-16-19-22-25-27-29-31-33-35-38-40-43-46-49-52-55-61(70)77-58-60(79-62(71)56-53-50-47-44-42-39-36-34-32-30-28-26-23-20-17-14-11-8-5-2)59-78-69-67(65(74)64(73)66(81-69)68(75)76)80-63(72)57-54-51-48-45-41-37-24-21-18-15-12-9-6-3/h9,12,16-21,25-28,37,41,48,51,60,64-67,69,73-74H,4-8,10-11,13-15,22-24,29-36,38-40,42-47,49-50,52-59H2,1-3H3,(H,75,76)/b12-9-,19-16-,20-17-,21-18-,27-25-,28-26-,41-37-,51-48-. The Balaban J connectivity index is 2.68. The molecule has 0 aliphatic carbocycles. The summed E-state index contributed by atoms with van der Waals surface area (Å²) in [6, 6.07) is 0. The summed E-state index contributed by atoms with van der Waals surface area (Å²) in [5.74, 6) is -3.23. The fraction of sp³-hybridized carbons (Fsp3) is 0.710. The average molecular weight is 1140 g/mol. The lowest BCUT2D eigenvalue weighted by atomic mass is 9.98. The molecule has 0 aromatic heterocycles. The van der Waals surface area contributed by atoms with Crippen LogP contribution in [0.25, 0.3) is 0 Å². The van der Waals surface area contributed by atoms with Crippen molar-refractivity contribution in [3.8, 4) is 0 Å². The van der Waals surface area contributed by atoms with Crippen molar-refractivity contribution in [1.29, 1.82) is 0 Å². The molecule has 1 aliphatic heterocycles. The van der Waals surface area contributed by atoms with E-state index in [9.17, 15) is 34.5 Å². The Morgan fingerprint density at radius 2 is 0.802 bits per heavy atom. The number of unbranched alkanes of at least 4 members (excludes halogenated alkanes) is 24. The van der Waals surface area contributed by atoms with Crippen LogP contribution < -0.4 is 0 Å². The van der Waals surface area contributed by atoms with Gasteiger partial charge in [-0.1, -0.05) is 234 Å². The molecule has 462 valence electrons. The molecule has 0 spiro atoms. The van der Waals surface area contributed by atoms with Gasteiger partial charge in [-0.15, -0.1) is 0 Å². The number of aliphatic carboxylic acids is 1. The Hall–Kier alpha value is -4.36. The first kappa shape index (κ1) is 74.7. The number of carbonyl (C=O) groups is 4. The first-order valence-electron chi connectivity index (χ1n) is 32.2. The molecule has 12 nitrogen and oxygen atoms in total. The molecule has 1 rings (SSSR count). The third-order valence-electron chi connectivity index (χ3n) is 14.1. The molecule has 6 atom stereocenters. The van der Waals surface area contributed by atoms with Crippen molar-refractivity contribution in [2.75, 3.05) is 13.2 Å². The summed E-state index contributed by atoms with van der Waals surface area (Å²) in [6.07, 6.45) is 62.4. The molecule has 81 heavy (non-hydrogen) atoms. The van der Waals surface area contributed by atoms with Gasteiger partial charge in [0, 0.05) is 19.3 Å². The summed E-state index contributed by atoms with van der Waals surface area (Å²) in [5, 5.41) is 31.5. The van der Waals surface area contributed by atoms with Crippen LogP contribution in [0, 0.1) is 0 Å². The van der Waals surface area contributed by atoms with Gasteiger partial charge in [0.25, 0.3) is 0 Å². The molecule has 0 aromatic rings. The second kappa shape index (κ2) is 56.1. The van der Waals surface area contributed by atoms with E-state index in [2.05, 4.69) is 99.8 Å². The van der Waals surface area contributed by atoms with Crippen LogP contribution in [0.4, 0.5) is 0 Å². The number of aliphatic hydroxyl groups is 2. The number of allylic oxidation sites excluding steroid dienone is 16. The van der Waals surface area contributed by atoms with Crippen LogP contribution in [0.3, 0.4) is 0 Å². The van der Waals surface area contributed by atoms with E-state index in [1.54, 1.807) is 0 Å². The van der Waals surface area contributed by atoms with Gasteiger partial charge >= 0.3 is 23.9 Å². The van der Waals surface area contributed by atoms with E-state index in [1.807, 2.05) is 18.2 Å². The number of hydrogen-bond donors (Lipinski definition) is 3. The molecule has 0 amide bonds. The number of carboxylic acids is 1. The third-order valence-corrected chi connectivity index (χ3v) is 14.1. The molecule has 12 heteroatoms. The maximum absolute atomic E-state index is 13.2. The van der Waals surface area contributed by atoms with E-state index >= 15 is 0 Å². The highest BCUT2D eigenvalue weighted by molar-refractivity contribution is 5.74. The van der Waals surface area contributed by atoms with Gasteiger partial charge in [-0.25, -0.2) is 4.79 Å². The number of rotatable bonds is 54. The molecule has 6 unspecified atom stereocenters. The minimum Gasteiger partial charge on any atom is -0.479 e. The van der Waals surface area contributed by atoms with Crippen molar-refractivity contribution in [1.82, 2.24) is 0 Å². The second-order valence-electron chi connectivity index (χ2n) is 21.7. The summed E-state index contributed by atoms with van der Waals surface area (Å²) >= 11 is 0. The summed E-state index contributed by atoms with van der Waals surface area (Å²) in [6.45, 7) is 5.80. The van der Waals surface area contributed by atoms with Crippen LogP contribution in [-0.4, -0.2) is 89.2 Å². The molecule has 0 saturated carbocycles. The highest BCUT2D eigenvalue weighted by Gasteiger charge is 2.50. The van der Waals surface area contributed by atoms with Crippen molar-refractivity contribution in [2.24, 2.45) is 0 Å². The fourth-order valence-corrected chi connectivity index (χ4v) is 9.21. The lowest BCUT2D eigenvalue weighted by Gasteiger charge is -2.40. The normalized spacial score (nSPS) is 18.4. The highest BCUT2D eigenvalue weighted by atomic mass is 16.7. The lowest BCUT2D eigenvalue weighted by molar-refractivity contribution is -0.301. The van der Waals surface area contributed by atoms with Crippen LogP contribution in [-0.2, 0) is 42.9 Å². The van der Waals surface area contributed by atoms with Gasteiger partial charge in [0.1, 0.15) is 18.8 Å². The van der Waals surface area contributed by atoms with E-state index in [-0.39, 0.29) is 25.9 Å². The Morgan fingerprint density at radius 1 is 0.420 bits per heavy atom. The first-order valence-corrected chi connectivity index (χ1v) is 32.2. The molecule has 3 N–H and O–H groups in total. The summed E-state index contributed by atoms with van der Waals surface area (Å²) in [5.41, 5.74) is 0. The molecular formula is C69H114O12. The SMILES string of the molecule is CC/C=C\C/C=C\C/C=C\C/C=C\CCC(=O)OC1C(OCC(COC(=O)CCCCCCCCCCC/C=C\C/C=C\CCCCC)OC(=O)CCCCCCCCCCC/C=C\C/C=C\CCCCC)OC(C(=O)O)C(O)C1O. The Bertz CT molecular complexity index is 1780. The van der Waals surface area contributed by atoms with Crippen LogP contribution in [0.5, 0.6) is 0 Å². The Labute approximate surface area is 492 Å². The van der Waals surface area contributed by atoms with Crippen LogP contribution in [0.15, 0.2) is 97.2 Å². The molecule has 1 heterocycles. The molecule has 0 bridgehead atoms. The van der Waals surface area contributed by atoms with E-state index in [0.717, 1.165) is 89.9 Å². The molecule has 1 fully saturated rings. The predicted molar refractivity (Wildman–Crippen MR) is 331 cm³/mol. The van der Waals surface area contributed by atoms with Gasteiger partial charge in [-0.05, 0) is 109 Å². The van der Waals surface area contributed by atoms with Gasteiger partial charge in [0.05, 0.1) is 6.61 Å². The topological polar surface area (TPSA) is 175 Å². The van der Waals surface area contributed by atoms with Crippen LogP contribution in [0.1, 0.15) is 265 Å². The Morgan fingerprint density at radius 3 is 1.23 bits per heavy atom. The maximum atomic E-state index is 13.2. The van der Waals surface area contributed by atoms with Crippen molar-refractivity contribution >= 4 is 23.9 Å². The molecule has 0 radical (unpaired) electrons. The van der Waals surface area contributed by atoms with E-state index in [1.165, 1.54) is 109 Å². The van der Waals surface area contributed by atoms with Gasteiger partial charge < -0.3 is 39.0 Å². The summed E-state index contributed by atoms with van der Waals surface area (Å²) in [4.78, 5) is 51.3. The van der Waals surface area contributed by atoms with E-state index in [0.29, 0.717) is 25.7 Å². The number of carbonyl (C=O) groups excluding carboxylic acids is 3. The zero-order valence-corrected chi connectivity index (χ0v) is 51.0. The highest BCUT2D eigenvalue weighted by Crippen LogP contribution is 2.26. The largest absolute Gasteiger partial charge is 0.479 e. The monoisotopic (exact) mass is 1130 g/mol. The molecular weight excluding hydrogens is 1020 g/mol. The maximum Gasteiger partial charge on any atom is 0.335 e. The summed E-state index contributed by atoms with van der Waals surface area (Å²) < 4.78 is 28.4. The van der Waals surface area contributed by atoms with Crippen LogP contribution >= 0.6 is 0 Å². The summed E-state index contributed by atoms with van der Waals surface area (Å²) in [7, 11) is 0. The number of ether oxygens (including phenoxy) is 5. The van der Waals surface area contributed by atoms with Gasteiger partial charge in [0.15, 0.2) is 24.6 Å². The van der Waals surface area contributed by atoms with Crippen molar-refractivity contribution < 1.29 is 58.2 Å².